The lowest BCUT2D eigenvalue weighted by atomic mass is 10.3. The van der Waals surface area contributed by atoms with Crippen LogP contribution in [0.4, 0.5) is 5.69 Å². The number of aromatic hydroxyl groups is 1. The van der Waals surface area contributed by atoms with Crippen LogP contribution in [-0.4, -0.2) is 23.3 Å². The molecule has 0 saturated carbocycles. The molecule has 0 unspecified atom stereocenters. The van der Waals surface area contributed by atoms with Crippen LogP contribution in [0.1, 0.15) is 6.92 Å². The summed E-state index contributed by atoms with van der Waals surface area (Å²) in [7, 11) is -3.79. The molecule has 0 aliphatic rings. The van der Waals surface area contributed by atoms with Gasteiger partial charge in [0.2, 0.25) is 0 Å². The fourth-order valence-electron chi connectivity index (χ4n) is 1.48. The summed E-state index contributed by atoms with van der Waals surface area (Å²) in [5, 5.41) is 13.5. The summed E-state index contributed by atoms with van der Waals surface area (Å²) in [6.07, 6.45) is 3.00. The van der Waals surface area contributed by atoms with Gasteiger partial charge in [-0.05, 0) is 19.1 Å². The van der Waals surface area contributed by atoms with Gasteiger partial charge in [-0.2, -0.15) is 5.10 Å². The van der Waals surface area contributed by atoms with Crippen molar-refractivity contribution < 1.29 is 13.5 Å². The number of para-hydroxylation sites is 1. The maximum absolute atomic E-state index is 12.0. The molecule has 7 heteroatoms. The van der Waals surface area contributed by atoms with Crippen LogP contribution in [0.2, 0.25) is 0 Å². The summed E-state index contributed by atoms with van der Waals surface area (Å²) < 4.78 is 28.0. The van der Waals surface area contributed by atoms with Crippen LogP contribution in [0.5, 0.6) is 5.75 Å². The normalized spacial score (nSPS) is 11.4. The molecule has 6 nitrogen and oxygen atoms in total. The van der Waals surface area contributed by atoms with Crippen LogP contribution in [-0.2, 0) is 16.6 Å². The highest BCUT2D eigenvalue weighted by Crippen LogP contribution is 2.23. The lowest BCUT2D eigenvalue weighted by Gasteiger charge is -2.07. The lowest BCUT2D eigenvalue weighted by Crippen LogP contribution is -2.12. The molecule has 0 aliphatic carbocycles. The smallest absolute Gasteiger partial charge is 0.265 e. The highest BCUT2D eigenvalue weighted by atomic mass is 32.2. The predicted octanol–water partition coefficient (Wildman–Crippen LogP) is 1.41. The predicted molar refractivity (Wildman–Crippen MR) is 66.8 cm³/mol. The van der Waals surface area contributed by atoms with E-state index in [1.165, 1.54) is 18.3 Å². The average molecular weight is 267 g/mol. The van der Waals surface area contributed by atoms with Gasteiger partial charge in [-0.3, -0.25) is 9.40 Å². The van der Waals surface area contributed by atoms with Crippen LogP contribution in [0.3, 0.4) is 0 Å². The van der Waals surface area contributed by atoms with Crippen molar-refractivity contribution in [1.82, 2.24) is 9.78 Å². The number of hydrogen-bond donors (Lipinski definition) is 2. The average Bonchev–Trinajstić information content (AvgIpc) is 2.76. The van der Waals surface area contributed by atoms with Gasteiger partial charge in [-0.25, -0.2) is 8.42 Å². The van der Waals surface area contributed by atoms with E-state index in [0.717, 1.165) is 0 Å². The zero-order valence-corrected chi connectivity index (χ0v) is 10.6. The lowest BCUT2D eigenvalue weighted by molar-refractivity contribution is 0.459. The molecule has 2 aromatic rings. The molecule has 18 heavy (non-hydrogen) atoms. The number of rotatable bonds is 4. The molecule has 0 fully saturated rings. The first kappa shape index (κ1) is 12.4. The summed E-state index contributed by atoms with van der Waals surface area (Å²) >= 11 is 0. The van der Waals surface area contributed by atoms with Gasteiger partial charge in [0.25, 0.3) is 10.0 Å². The van der Waals surface area contributed by atoms with E-state index in [1.807, 2.05) is 6.92 Å². The molecule has 2 N–H and O–H groups in total. The van der Waals surface area contributed by atoms with Gasteiger partial charge in [0.05, 0.1) is 11.9 Å². The Morgan fingerprint density at radius 1 is 1.39 bits per heavy atom. The van der Waals surface area contributed by atoms with E-state index < -0.39 is 10.0 Å². The molecule has 96 valence electrons. The second kappa shape index (κ2) is 4.69. The van der Waals surface area contributed by atoms with Crippen molar-refractivity contribution >= 4 is 15.7 Å². The number of benzene rings is 1. The maximum atomic E-state index is 12.0. The van der Waals surface area contributed by atoms with Gasteiger partial charge in [-0.1, -0.05) is 12.1 Å². The molecule has 0 aliphatic heterocycles. The maximum Gasteiger partial charge on any atom is 0.265 e. The Morgan fingerprint density at radius 2 is 2.11 bits per heavy atom. The highest BCUT2D eigenvalue weighted by Gasteiger charge is 2.18. The molecule has 0 radical (unpaired) electrons. The van der Waals surface area contributed by atoms with E-state index in [4.69, 9.17) is 0 Å². The molecule has 0 saturated heterocycles. The van der Waals surface area contributed by atoms with Gasteiger partial charge in [0, 0.05) is 12.7 Å². The van der Waals surface area contributed by atoms with E-state index in [9.17, 15) is 13.5 Å². The minimum Gasteiger partial charge on any atom is -0.507 e. The number of nitrogens with one attached hydrogen (secondary N) is 1. The number of aromatic nitrogens is 2. The second-order valence-corrected chi connectivity index (χ2v) is 5.31. The fraction of sp³-hybridized carbons (Fsp3) is 0.182. The Balaban J connectivity index is 2.30. The first-order valence-electron chi connectivity index (χ1n) is 5.36. The molecular formula is C11H13N3O3S. The van der Waals surface area contributed by atoms with Gasteiger partial charge < -0.3 is 5.11 Å². The number of nitrogens with zero attached hydrogens (tertiary/aromatic N) is 2. The Kier molecular flexibility index (Phi) is 3.24. The Morgan fingerprint density at radius 3 is 2.72 bits per heavy atom. The van der Waals surface area contributed by atoms with E-state index in [2.05, 4.69) is 9.82 Å². The number of phenolic OH excluding ortho intramolecular Hbond substituents is 1. The number of hydrogen-bond acceptors (Lipinski definition) is 4. The SMILES string of the molecule is CCn1cc(NS(=O)(=O)c2ccccc2O)cn1. The van der Waals surface area contributed by atoms with Crippen LogP contribution < -0.4 is 4.72 Å². The molecule has 1 aromatic carbocycles. The van der Waals surface area contributed by atoms with Crippen molar-refractivity contribution in [3.63, 3.8) is 0 Å². The third kappa shape index (κ3) is 2.45. The Labute approximate surface area is 105 Å². The van der Waals surface area contributed by atoms with Crippen molar-refractivity contribution in [2.75, 3.05) is 4.72 Å². The Hall–Kier alpha value is -2.02. The topological polar surface area (TPSA) is 84.2 Å². The van der Waals surface area contributed by atoms with Crippen molar-refractivity contribution in [3.8, 4) is 5.75 Å². The molecule has 2 rings (SSSR count). The van der Waals surface area contributed by atoms with E-state index in [0.29, 0.717) is 12.2 Å². The van der Waals surface area contributed by atoms with E-state index in [-0.39, 0.29) is 10.6 Å². The van der Waals surface area contributed by atoms with Crippen molar-refractivity contribution in [2.24, 2.45) is 0 Å². The molecule has 1 aromatic heterocycles. The number of phenols is 1. The first-order valence-corrected chi connectivity index (χ1v) is 6.84. The third-order valence-corrected chi connectivity index (χ3v) is 3.79. The van der Waals surface area contributed by atoms with Crippen LogP contribution in [0.15, 0.2) is 41.6 Å². The second-order valence-electron chi connectivity index (χ2n) is 3.66. The van der Waals surface area contributed by atoms with Crippen molar-refractivity contribution in [2.45, 2.75) is 18.4 Å². The number of sulfonamides is 1. The Bertz CT molecular complexity index is 649. The zero-order chi connectivity index (χ0) is 13.2. The quantitative estimate of drug-likeness (QED) is 0.877. The summed E-state index contributed by atoms with van der Waals surface area (Å²) in [6, 6.07) is 5.76. The first-order chi connectivity index (χ1) is 8.53. The highest BCUT2D eigenvalue weighted by molar-refractivity contribution is 7.92. The van der Waals surface area contributed by atoms with Crippen LogP contribution in [0, 0.1) is 0 Å². The van der Waals surface area contributed by atoms with Crippen LogP contribution in [0.25, 0.3) is 0 Å². The molecule has 0 bridgehead atoms. The summed E-state index contributed by atoms with van der Waals surface area (Å²) in [5.74, 6) is -0.284. The third-order valence-electron chi connectivity index (χ3n) is 2.36. The van der Waals surface area contributed by atoms with Gasteiger partial charge in [0.15, 0.2) is 0 Å². The number of anilines is 1. The molecular weight excluding hydrogens is 254 g/mol. The van der Waals surface area contributed by atoms with E-state index >= 15 is 0 Å². The van der Waals surface area contributed by atoms with E-state index in [1.54, 1.807) is 23.0 Å². The standard InChI is InChI=1S/C11H13N3O3S/c1-2-14-8-9(7-12-14)13-18(16,17)11-6-4-3-5-10(11)15/h3-8,13,15H,2H2,1H3. The monoisotopic (exact) mass is 267 g/mol. The van der Waals surface area contributed by atoms with Gasteiger partial charge >= 0.3 is 0 Å². The molecule has 0 atom stereocenters. The van der Waals surface area contributed by atoms with Gasteiger partial charge in [-0.15, -0.1) is 0 Å². The largest absolute Gasteiger partial charge is 0.507 e. The molecule has 1 heterocycles. The van der Waals surface area contributed by atoms with Crippen molar-refractivity contribution in [3.05, 3.63) is 36.7 Å². The molecule has 0 spiro atoms. The van der Waals surface area contributed by atoms with Crippen molar-refractivity contribution in [1.29, 1.82) is 0 Å². The van der Waals surface area contributed by atoms with Gasteiger partial charge in [0.1, 0.15) is 10.6 Å². The number of aryl methyl sites for hydroxylation is 1. The minimum absolute atomic E-state index is 0.158. The summed E-state index contributed by atoms with van der Waals surface area (Å²) in [6.45, 7) is 2.55. The minimum atomic E-state index is -3.79. The fourth-order valence-corrected chi connectivity index (χ4v) is 2.61. The zero-order valence-electron chi connectivity index (χ0n) is 9.74. The molecule has 0 amide bonds. The summed E-state index contributed by atoms with van der Waals surface area (Å²) in [4.78, 5) is -0.158. The van der Waals surface area contributed by atoms with Crippen LogP contribution >= 0.6 is 0 Å². The summed E-state index contributed by atoms with van der Waals surface area (Å²) in [5.41, 5.74) is 0.361.